The van der Waals surface area contributed by atoms with E-state index in [1.54, 1.807) is 5.01 Å². The van der Waals surface area contributed by atoms with Crippen LogP contribution in [0.25, 0.3) is 0 Å². The van der Waals surface area contributed by atoms with Crippen molar-refractivity contribution in [1.29, 1.82) is 0 Å². The number of aryl methyl sites for hydroxylation is 1. The molecule has 2 aliphatic heterocycles. The van der Waals surface area contributed by atoms with Gasteiger partial charge in [-0.1, -0.05) is 31.2 Å². The second-order valence-corrected chi connectivity index (χ2v) is 7.09. The average Bonchev–Trinajstić information content (AvgIpc) is 2.54. The molecule has 1 atom stereocenters. The first kappa shape index (κ1) is 16.2. The second-order valence-electron chi connectivity index (χ2n) is 7.09. The van der Waals surface area contributed by atoms with E-state index in [0.29, 0.717) is 13.0 Å². The largest absolute Gasteiger partial charge is 0.375 e. The molecule has 1 saturated heterocycles. The van der Waals surface area contributed by atoms with Crippen LogP contribution in [0.1, 0.15) is 57.6 Å². The molecule has 0 radical (unpaired) electrons. The fourth-order valence-electron chi connectivity index (χ4n) is 3.40. The van der Waals surface area contributed by atoms with E-state index in [9.17, 15) is 4.79 Å². The van der Waals surface area contributed by atoms with E-state index in [1.807, 2.05) is 0 Å². The zero-order valence-electron chi connectivity index (χ0n) is 14.3. The Bertz CT molecular complexity index is 604. The van der Waals surface area contributed by atoms with Gasteiger partial charge in [0.2, 0.25) is 5.91 Å². The average molecular weight is 314 g/mol. The van der Waals surface area contributed by atoms with Gasteiger partial charge < -0.3 is 4.74 Å². The number of benzene rings is 1. The maximum atomic E-state index is 12.4. The fraction of sp³-hybridized carbons (Fsp3) is 0.579. The van der Waals surface area contributed by atoms with Crippen LogP contribution >= 0.6 is 0 Å². The van der Waals surface area contributed by atoms with Gasteiger partial charge in [0.15, 0.2) is 0 Å². The number of hydrazone groups is 1. The lowest BCUT2D eigenvalue weighted by Crippen LogP contribution is -2.47. The Hall–Kier alpha value is -1.68. The molecule has 0 aromatic heterocycles. The topological polar surface area (TPSA) is 41.9 Å². The Morgan fingerprint density at radius 2 is 2.00 bits per heavy atom. The lowest BCUT2D eigenvalue weighted by atomic mass is 9.93. The number of nitrogens with zero attached hydrogens (tertiary/aromatic N) is 2. The van der Waals surface area contributed by atoms with Crippen LogP contribution < -0.4 is 0 Å². The maximum absolute atomic E-state index is 12.4. The molecule has 2 heterocycles. The monoisotopic (exact) mass is 314 g/mol. The Morgan fingerprint density at radius 3 is 2.65 bits per heavy atom. The van der Waals surface area contributed by atoms with E-state index >= 15 is 0 Å². The fourth-order valence-corrected chi connectivity index (χ4v) is 3.40. The number of carbonyl (C=O) groups excluding carboxylic acids is 1. The minimum Gasteiger partial charge on any atom is -0.375 e. The van der Waals surface area contributed by atoms with Crippen molar-refractivity contribution in [3.05, 3.63) is 35.4 Å². The van der Waals surface area contributed by atoms with Crippen molar-refractivity contribution in [1.82, 2.24) is 5.01 Å². The quantitative estimate of drug-likeness (QED) is 0.856. The Kier molecular flexibility index (Phi) is 4.53. The van der Waals surface area contributed by atoms with Crippen molar-refractivity contribution in [2.45, 2.75) is 64.5 Å². The van der Waals surface area contributed by atoms with Crippen molar-refractivity contribution in [3.8, 4) is 0 Å². The van der Waals surface area contributed by atoms with E-state index in [4.69, 9.17) is 9.84 Å². The summed E-state index contributed by atoms with van der Waals surface area (Å²) in [4.78, 5) is 12.4. The van der Waals surface area contributed by atoms with Crippen LogP contribution in [0.5, 0.6) is 0 Å². The molecule has 124 valence electrons. The van der Waals surface area contributed by atoms with Gasteiger partial charge in [-0.15, -0.1) is 0 Å². The Morgan fingerprint density at radius 1 is 1.26 bits per heavy atom. The third kappa shape index (κ3) is 3.63. The summed E-state index contributed by atoms with van der Waals surface area (Å²) in [6.07, 6.45) is 4.01. The number of hydrogen-bond donors (Lipinski definition) is 0. The maximum Gasteiger partial charge on any atom is 0.243 e. The molecule has 4 heteroatoms. The first-order valence-electron chi connectivity index (χ1n) is 8.61. The van der Waals surface area contributed by atoms with E-state index in [1.165, 1.54) is 5.56 Å². The van der Waals surface area contributed by atoms with Gasteiger partial charge in [-0.3, -0.25) is 4.79 Å². The zero-order chi connectivity index (χ0) is 16.4. The summed E-state index contributed by atoms with van der Waals surface area (Å²) in [6.45, 7) is 7.02. The van der Waals surface area contributed by atoms with Crippen LogP contribution in [0.2, 0.25) is 0 Å². The summed E-state index contributed by atoms with van der Waals surface area (Å²) in [6, 6.07) is 8.70. The Balaban J connectivity index is 1.83. The van der Waals surface area contributed by atoms with Gasteiger partial charge in [0.25, 0.3) is 0 Å². The van der Waals surface area contributed by atoms with E-state index < -0.39 is 0 Å². The second kappa shape index (κ2) is 6.44. The number of carbonyl (C=O) groups is 1. The lowest BCUT2D eigenvalue weighted by Gasteiger charge is -2.40. The summed E-state index contributed by atoms with van der Waals surface area (Å²) in [7, 11) is 0. The summed E-state index contributed by atoms with van der Waals surface area (Å²) >= 11 is 0. The number of hydrogen-bond acceptors (Lipinski definition) is 3. The molecule has 2 aliphatic rings. The molecule has 23 heavy (non-hydrogen) atoms. The molecular formula is C19H26N2O2. The highest BCUT2D eigenvalue weighted by molar-refractivity contribution is 6.04. The van der Waals surface area contributed by atoms with Gasteiger partial charge in [0.1, 0.15) is 0 Å². The Labute approximate surface area is 138 Å². The van der Waals surface area contributed by atoms with Crippen LogP contribution in [-0.2, 0) is 16.0 Å². The SMILES string of the molecule is CCc1ccc(C2=NN(C3CCOC(C)(C)C3)C(=O)CC2)cc1. The zero-order valence-corrected chi connectivity index (χ0v) is 14.3. The summed E-state index contributed by atoms with van der Waals surface area (Å²) in [5.41, 5.74) is 3.30. The van der Waals surface area contributed by atoms with Crippen molar-refractivity contribution in [2.75, 3.05) is 6.61 Å². The third-order valence-corrected chi connectivity index (χ3v) is 4.77. The van der Waals surface area contributed by atoms with Crippen LogP contribution in [0.15, 0.2) is 29.4 Å². The first-order chi connectivity index (χ1) is 11.0. The van der Waals surface area contributed by atoms with Crippen molar-refractivity contribution < 1.29 is 9.53 Å². The van der Waals surface area contributed by atoms with Crippen molar-refractivity contribution >= 4 is 11.6 Å². The molecule has 0 saturated carbocycles. The molecule has 1 amide bonds. The number of rotatable bonds is 3. The molecule has 0 spiro atoms. The number of ether oxygens (including phenoxy) is 1. The normalized spacial score (nSPS) is 24.5. The summed E-state index contributed by atoms with van der Waals surface area (Å²) in [5.74, 6) is 0.140. The molecule has 1 fully saturated rings. The molecule has 3 rings (SSSR count). The molecule has 1 aromatic rings. The van der Waals surface area contributed by atoms with Gasteiger partial charge >= 0.3 is 0 Å². The molecular weight excluding hydrogens is 288 g/mol. The van der Waals surface area contributed by atoms with Crippen molar-refractivity contribution in [2.24, 2.45) is 5.10 Å². The van der Waals surface area contributed by atoms with E-state index in [2.05, 4.69) is 45.0 Å². The minimum absolute atomic E-state index is 0.140. The van der Waals surface area contributed by atoms with E-state index in [0.717, 1.165) is 37.0 Å². The third-order valence-electron chi connectivity index (χ3n) is 4.77. The van der Waals surface area contributed by atoms with Crippen LogP contribution in [-0.4, -0.2) is 34.9 Å². The number of amides is 1. The first-order valence-corrected chi connectivity index (χ1v) is 8.61. The molecule has 4 nitrogen and oxygen atoms in total. The smallest absolute Gasteiger partial charge is 0.243 e. The van der Waals surface area contributed by atoms with Crippen LogP contribution in [0, 0.1) is 0 Å². The van der Waals surface area contributed by atoms with Crippen LogP contribution in [0.3, 0.4) is 0 Å². The molecule has 1 aromatic carbocycles. The van der Waals surface area contributed by atoms with Gasteiger partial charge in [-0.05, 0) is 44.2 Å². The summed E-state index contributed by atoms with van der Waals surface area (Å²) < 4.78 is 5.77. The van der Waals surface area contributed by atoms with Gasteiger partial charge in [0.05, 0.1) is 17.4 Å². The van der Waals surface area contributed by atoms with Crippen molar-refractivity contribution in [3.63, 3.8) is 0 Å². The van der Waals surface area contributed by atoms with Gasteiger partial charge in [0, 0.05) is 19.4 Å². The standard InChI is InChI=1S/C19H26N2O2/c1-4-14-5-7-15(8-6-14)17-9-10-18(22)21(20-17)16-11-12-23-19(2,3)13-16/h5-8,16H,4,9-13H2,1-3H3. The van der Waals surface area contributed by atoms with Gasteiger partial charge in [-0.2, -0.15) is 5.10 Å². The molecule has 0 aliphatic carbocycles. The minimum atomic E-state index is -0.181. The highest BCUT2D eigenvalue weighted by atomic mass is 16.5. The lowest BCUT2D eigenvalue weighted by molar-refractivity contribution is -0.141. The highest BCUT2D eigenvalue weighted by Gasteiger charge is 2.36. The predicted molar refractivity (Wildman–Crippen MR) is 91.5 cm³/mol. The molecule has 1 unspecified atom stereocenters. The molecule has 0 N–H and O–H groups in total. The van der Waals surface area contributed by atoms with Crippen LogP contribution in [0.4, 0.5) is 0 Å². The molecule has 0 bridgehead atoms. The highest BCUT2D eigenvalue weighted by Crippen LogP contribution is 2.30. The predicted octanol–water partition coefficient (Wildman–Crippen LogP) is 3.53. The van der Waals surface area contributed by atoms with E-state index in [-0.39, 0.29) is 17.6 Å². The van der Waals surface area contributed by atoms with Gasteiger partial charge in [-0.25, -0.2) is 5.01 Å². The summed E-state index contributed by atoms with van der Waals surface area (Å²) in [5, 5.41) is 6.46.